The van der Waals surface area contributed by atoms with Crippen molar-refractivity contribution in [2.24, 2.45) is 11.7 Å². The van der Waals surface area contributed by atoms with Crippen LogP contribution in [0.2, 0.25) is 0 Å². The minimum absolute atomic E-state index is 0.177. The van der Waals surface area contributed by atoms with Crippen LogP contribution in [0.4, 0.5) is 0 Å². The number of aromatic nitrogens is 3. The van der Waals surface area contributed by atoms with Crippen molar-refractivity contribution in [3.63, 3.8) is 0 Å². The number of fused-ring (bicyclic) bond motifs is 1. The summed E-state index contributed by atoms with van der Waals surface area (Å²) >= 11 is 0. The van der Waals surface area contributed by atoms with Gasteiger partial charge in [-0.3, -0.25) is 9.59 Å². The van der Waals surface area contributed by atoms with Crippen molar-refractivity contribution in [1.29, 1.82) is 0 Å². The number of nitrogens with two attached hydrogens (primary N) is 1. The Morgan fingerprint density at radius 2 is 1.96 bits per heavy atom. The van der Waals surface area contributed by atoms with E-state index in [9.17, 15) is 9.59 Å². The van der Waals surface area contributed by atoms with E-state index in [1.54, 1.807) is 0 Å². The van der Waals surface area contributed by atoms with Crippen molar-refractivity contribution in [3.8, 4) is 0 Å². The van der Waals surface area contributed by atoms with E-state index in [4.69, 9.17) is 5.73 Å². The number of rotatable bonds is 5. The zero-order chi connectivity index (χ0) is 18.1. The average Bonchev–Trinajstić information content (AvgIpc) is 3.04. The fraction of sp³-hybridized carbons (Fsp3) is 0.263. The summed E-state index contributed by atoms with van der Waals surface area (Å²) in [5.41, 5.74) is 7.62. The maximum Gasteiger partial charge on any atom is 0.256 e. The van der Waals surface area contributed by atoms with Crippen LogP contribution in [-0.4, -0.2) is 32.5 Å². The molecule has 0 bridgehead atoms. The van der Waals surface area contributed by atoms with Crippen LogP contribution in [0.5, 0.6) is 0 Å². The smallest absolute Gasteiger partial charge is 0.256 e. The zero-order valence-electron chi connectivity index (χ0n) is 14.1. The number of amides is 2. The van der Waals surface area contributed by atoms with E-state index in [1.165, 1.54) is 28.7 Å². The lowest BCUT2D eigenvalue weighted by Crippen LogP contribution is -2.44. The van der Waals surface area contributed by atoms with Crippen LogP contribution in [0, 0.1) is 5.92 Å². The average molecular weight is 349 g/mol. The summed E-state index contributed by atoms with van der Waals surface area (Å²) < 4.78 is 1.40. The molecule has 3 aromatic rings. The van der Waals surface area contributed by atoms with Crippen LogP contribution >= 0.6 is 0 Å². The highest BCUT2D eigenvalue weighted by Crippen LogP contribution is 2.30. The molecule has 2 amide bonds. The Labute approximate surface area is 150 Å². The molecule has 0 radical (unpaired) electrons. The summed E-state index contributed by atoms with van der Waals surface area (Å²) in [6.07, 6.45) is 7.28. The third kappa shape index (κ3) is 3.15. The molecule has 1 fully saturated rings. The molecule has 3 N–H and O–H groups in total. The van der Waals surface area contributed by atoms with Crippen molar-refractivity contribution in [3.05, 3.63) is 65.6 Å². The first-order chi connectivity index (χ1) is 12.6. The molecule has 2 heterocycles. The van der Waals surface area contributed by atoms with Crippen LogP contribution in [-0.2, 0) is 6.42 Å². The first kappa shape index (κ1) is 16.3. The van der Waals surface area contributed by atoms with Gasteiger partial charge in [0.15, 0.2) is 5.65 Å². The van der Waals surface area contributed by atoms with Gasteiger partial charge in [0, 0.05) is 18.4 Å². The quantitative estimate of drug-likeness (QED) is 0.730. The molecule has 26 heavy (non-hydrogen) atoms. The number of hydrogen-bond acceptors (Lipinski definition) is 4. The van der Waals surface area contributed by atoms with Gasteiger partial charge >= 0.3 is 0 Å². The first-order valence-corrected chi connectivity index (χ1v) is 8.58. The molecular weight excluding hydrogens is 330 g/mol. The van der Waals surface area contributed by atoms with E-state index in [0.717, 1.165) is 19.3 Å². The monoisotopic (exact) mass is 349 g/mol. The molecule has 7 nitrogen and oxygen atoms in total. The SMILES string of the molecule is NC(=O)c1cnc2c(C(=O)NC3CC(Cc4ccccc4)C3)cnn2c1. The van der Waals surface area contributed by atoms with Gasteiger partial charge in [-0.05, 0) is 30.7 Å². The lowest BCUT2D eigenvalue weighted by molar-refractivity contribution is 0.0890. The molecule has 4 rings (SSSR count). The molecule has 1 saturated carbocycles. The Balaban J connectivity index is 1.37. The van der Waals surface area contributed by atoms with E-state index < -0.39 is 5.91 Å². The molecule has 0 aliphatic heterocycles. The molecule has 2 aromatic heterocycles. The van der Waals surface area contributed by atoms with Gasteiger partial charge in [0.25, 0.3) is 11.8 Å². The lowest BCUT2D eigenvalue weighted by Gasteiger charge is -2.36. The number of carbonyl (C=O) groups excluding carboxylic acids is 2. The van der Waals surface area contributed by atoms with E-state index in [-0.39, 0.29) is 17.5 Å². The van der Waals surface area contributed by atoms with Crippen LogP contribution in [0.1, 0.15) is 39.1 Å². The molecule has 0 saturated heterocycles. The van der Waals surface area contributed by atoms with Crippen LogP contribution in [0.25, 0.3) is 5.65 Å². The summed E-state index contributed by atoms with van der Waals surface area (Å²) in [6.45, 7) is 0. The normalized spacial score (nSPS) is 19.1. The Morgan fingerprint density at radius 1 is 1.19 bits per heavy atom. The molecule has 7 heteroatoms. The summed E-state index contributed by atoms with van der Waals surface area (Å²) in [4.78, 5) is 27.9. The Kier molecular flexibility index (Phi) is 4.12. The van der Waals surface area contributed by atoms with Gasteiger partial charge in [-0.25, -0.2) is 9.50 Å². The summed E-state index contributed by atoms with van der Waals surface area (Å²) in [7, 11) is 0. The first-order valence-electron chi connectivity index (χ1n) is 8.58. The molecule has 0 unspecified atom stereocenters. The molecule has 1 aliphatic rings. The predicted octanol–water partition coefficient (Wildman–Crippen LogP) is 1.58. The molecule has 0 spiro atoms. The highest BCUT2D eigenvalue weighted by Gasteiger charge is 2.31. The third-order valence-corrected chi connectivity index (χ3v) is 4.82. The van der Waals surface area contributed by atoms with E-state index >= 15 is 0 Å². The summed E-state index contributed by atoms with van der Waals surface area (Å²) in [6, 6.07) is 10.6. The van der Waals surface area contributed by atoms with Crippen molar-refractivity contribution < 1.29 is 9.59 Å². The lowest BCUT2D eigenvalue weighted by atomic mass is 9.76. The fourth-order valence-electron chi connectivity index (χ4n) is 3.39. The van der Waals surface area contributed by atoms with Crippen molar-refractivity contribution >= 4 is 17.5 Å². The molecular formula is C19H19N5O2. The fourth-order valence-corrected chi connectivity index (χ4v) is 3.39. The van der Waals surface area contributed by atoms with Gasteiger partial charge in [-0.15, -0.1) is 0 Å². The second kappa shape index (κ2) is 6.59. The second-order valence-corrected chi connectivity index (χ2v) is 6.73. The Bertz CT molecular complexity index is 960. The minimum Gasteiger partial charge on any atom is -0.366 e. The predicted molar refractivity (Wildman–Crippen MR) is 95.6 cm³/mol. The van der Waals surface area contributed by atoms with E-state index in [1.807, 2.05) is 6.07 Å². The number of nitrogens with zero attached hydrogens (tertiary/aromatic N) is 3. The highest BCUT2D eigenvalue weighted by molar-refractivity contribution is 6.00. The number of benzene rings is 1. The van der Waals surface area contributed by atoms with E-state index in [2.05, 4.69) is 39.7 Å². The van der Waals surface area contributed by atoms with Gasteiger partial charge in [-0.2, -0.15) is 5.10 Å². The van der Waals surface area contributed by atoms with E-state index in [0.29, 0.717) is 17.1 Å². The van der Waals surface area contributed by atoms with Crippen molar-refractivity contribution in [2.75, 3.05) is 0 Å². The van der Waals surface area contributed by atoms with Gasteiger partial charge in [0.05, 0.1) is 11.8 Å². The van der Waals surface area contributed by atoms with Gasteiger partial charge < -0.3 is 11.1 Å². The Morgan fingerprint density at radius 3 is 2.69 bits per heavy atom. The summed E-state index contributed by atoms with van der Waals surface area (Å²) in [5, 5.41) is 7.13. The van der Waals surface area contributed by atoms with Crippen molar-refractivity contribution in [2.45, 2.75) is 25.3 Å². The third-order valence-electron chi connectivity index (χ3n) is 4.82. The molecule has 1 aliphatic carbocycles. The molecule has 1 aromatic carbocycles. The summed E-state index contributed by atoms with van der Waals surface area (Å²) in [5.74, 6) is -0.176. The maximum atomic E-state index is 12.5. The van der Waals surface area contributed by atoms with Crippen molar-refractivity contribution in [1.82, 2.24) is 19.9 Å². The standard InChI is InChI=1S/C19H19N5O2/c20-17(25)14-9-21-18-16(10-22-24(18)11-14)19(26)23-15-7-13(8-15)6-12-4-2-1-3-5-12/h1-5,9-11,13,15H,6-8H2,(H2,20,25)(H,23,26). The number of nitrogens with one attached hydrogen (secondary N) is 1. The molecule has 0 atom stereocenters. The van der Waals surface area contributed by atoms with Gasteiger partial charge in [0.2, 0.25) is 0 Å². The van der Waals surface area contributed by atoms with Crippen LogP contribution in [0.3, 0.4) is 0 Å². The Hall–Kier alpha value is -3.22. The number of hydrogen-bond donors (Lipinski definition) is 2. The minimum atomic E-state index is -0.583. The highest BCUT2D eigenvalue weighted by atomic mass is 16.2. The van der Waals surface area contributed by atoms with Crippen LogP contribution in [0.15, 0.2) is 48.9 Å². The second-order valence-electron chi connectivity index (χ2n) is 6.73. The van der Waals surface area contributed by atoms with Crippen LogP contribution < -0.4 is 11.1 Å². The number of primary amides is 1. The van der Waals surface area contributed by atoms with Gasteiger partial charge in [0.1, 0.15) is 5.56 Å². The largest absolute Gasteiger partial charge is 0.366 e. The zero-order valence-corrected chi connectivity index (χ0v) is 14.1. The maximum absolute atomic E-state index is 12.5. The number of carbonyl (C=O) groups is 2. The topological polar surface area (TPSA) is 102 Å². The molecule has 132 valence electrons. The van der Waals surface area contributed by atoms with Gasteiger partial charge in [-0.1, -0.05) is 30.3 Å².